The summed E-state index contributed by atoms with van der Waals surface area (Å²) in [7, 11) is 0. The zero-order valence-electron chi connectivity index (χ0n) is 10.6. The summed E-state index contributed by atoms with van der Waals surface area (Å²) in [5, 5.41) is 10.8. The van der Waals surface area contributed by atoms with Crippen LogP contribution in [0, 0.1) is 9.49 Å². The number of phenolic OH excluding ortho intramolecular Hbond substituents is 1. The molecule has 2 rings (SSSR count). The number of aromatic hydroxyl groups is 1. The molecule has 1 unspecified atom stereocenters. The fourth-order valence-corrected chi connectivity index (χ4v) is 3.63. The molecular weight excluding hydrogens is 421 g/mol. The van der Waals surface area contributed by atoms with E-state index >= 15 is 0 Å². The highest BCUT2D eigenvalue weighted by Gasteiger charge is 2.25. The zero-order chi connectivity index (χ0) is 13.8. The molecule has 1 aliphatic rings. The summed E-state index contributed by atoms with van der Waals surface area (Å²) in [6.07, 6.45) is 3.34. The lowest BCUT2D eigenvalue weighted by atomic mass is 9.95. The van der Waals surface area contributed by atoms with Gasteiger partial charge in [-0.15, -0.1) is 0 Å². The predicted molar refractivity (Wildman–Crippen MR) is 87.9 cm³/mol. The van der Waals surface area contributed by atoms with Crippen molar-refractivity contribution in [3.63, 3.8) is 0 Å². The SMILES string of the molecule is O=C(c1cc(I)ccc1O)N1CCCC(CCBr)C1. The third-order valence-corrected chi connectivity index (χ3v) is 4.64. The van der Waals surface area contributed by atoms with Crippen LogP contribution < -0.4 is 0 Å². The summed E-state index contributed by atoms with van der Waals surface area (Å²) in [4.78, 5) is 14.4. The number of hydrogen-bond donors (Lipinski definition) is 1. The van der Waals surface area contributed by atoms with Crippen molar-refractivity contribution in [2.75, 3.05) is 18.4 Å². The van der Waals surface area contributed by atoms with E-state index in [1.165, 1.54) is 6.42 Å². The lowest BCUT2D eigenvalue weighted by molar-refractivity contribution is 0.0669. The number of phenols is 1. The maximum absolute atomic E-state index is 12.5. The van der Waals surface area contributed by atoms with Gasteiger partial charge in [-0.3, -0.25) is 4.79 Å². The van der Waals surface area contributed by atoms with E-state index in [-0.39, 0.29) is 11.7 Å². The summed E-state index contributed by atoms with van der Waals surface area (Å²) in [5.74, 6) is 0.602. The zero-order valence-corrected chi connectivity index (χ0v) is 14.4. The molecule has 0 radical (unpaired) electrons. The van der Waals surface area contributed by atoms with Crippen molar-refractivity contribution in [1.29, 1.82) is 0 Å². The molecule has 0 bridgehead atoms. The highest BCUT2D eigenvalue weighted by molar-refractivity contribution is 14.1. The monoisotopic (exact) mass is 437 g/mol. The Hall–Kier alpha value is -0.300. The van der Waals surface area contributed by atoms with Gasteiger partial charge in [-0.2, -0.15) is 0 Å². The number of hydrogen-bond acceptors (Lipinski definition) is 2. The summed E-state index contributed by atoms with van der Waals surface area (Å²) in [6, 6.07) is 5.15. The molecule has 1 aromatic rings. The number of carbonyl (C=O) groups excluding carboxylic acids is 1. The van der Waals surface area contributed by atoms with E-state index in [0.29, 0.717) is 11.5 Å². The van der Waals surface area contributed by atoms with Crippen LogP contribution in [0.2, 0.25) is 0 Å². The second-order valence-corrected chi connectivity index (χ2v) is 6.94. The number of piperidine rings is 1. The molecule has 1 atom stereocenters. The van der Waals surface area contributed by atoms with Crippen LogP contribution in [0.4, 0.5) is 0 Å². The molecule has 1 amide bonds. The Morgan fingerprint density at radius 3 is 3.05 bits per heavy atom. The van der Waals surface area contributed by atoms with Crippen molar-refractivity contribution in [2.45, 2.75) is 19.3 Å². The minimum Gasteiger partial charge on any atom is -0.507 e. The topological polar surface area (TPSA) is 40.5 Å². The Morgan fingerprint density at radius 2 is 2.32 bits per heavy atom. The van der Waals surface area contributed by atoms with Gasteiger partial charge in [0.25, 0.3) is 5.91 Å². The Kier molecular flexibility index (Phi) is 5.50. The molecular formula is C14H17BrINO2. The van der Waals surface area contributed by atoms with E-state index in [1.54, 1.807) is 18.2 Å². The lowest BCUT2D eigenvalue weighted by Crippen LogP contribution is -2.40. The van der Waals surface area contributed by atoms with Gasteiger partial charge in [0, 0.05) is 22.0 Å². The normalized spacial score (nSPS) is 19.5. The number of alkyl halides is 1. The number of likely N-dealkylation sites (tertiary alicyclic amines) is 1. The molecule has 1 fully saturated rings. The first-order valence-corrected chi connectivity index (χ1v) is 8.65. The molecule has 1 aliphatic heterocycles. The van der Waals surface area contributed by atoms with E-state index in [1.807, 2.05) is 4.90 Å². The smallest absolute Gasteiger partial charge is 0.257 e. The van der Waals surface area contributed by atoms with E-state index in [2.05, 4.69) is 38.5 Å². The largest absolute Gasteiger partial charge is 0.507 e. The first kappa shape index (κ1) is 15.1. The van der Waals surface area contributed by atoms with E-state index in [0.717, 1.165) is 34.8 Å². The molecule has 5 heteroatoms. The lowest BCUT2D eigenvalue weighted by Gasteiger charge is -2.32. The van der Waals surface area contributed by atoms with Crippen LogP contribution in [-0.2, 0) is 0 Å². The van der Waals surface area contributed by atoms with Crippen LogP contribution in [0.25, 0.3) is 0 Å². The van der Waals surface area contributed by atoms with Crippen LogP contribution in [0.1, 0.15) is 29.6 Å². The Balaban J connectivity index is 2.12. The van der Waals surface area contributed by atoms with E-state index in [9.17, 15) is 9.90 Å². The number of nitrogens with zero attached hydrogens (tertiary/aromatic N) is 1. The Labute approximate surface area is 135 Å². The van der Waals surface area contributed by atoms with Crippen molar-refractivity contribution >= 4 is 44.4 Å². The first-order chi connectivity index (χ1) is 9.11. The number of rotatable bonds is 3. The van der Waals surface area contributed by atoms with Crippen LogP contribution in [0.15, 0.2) is 18.2 Å². The van der Waals surface area contributed by atoms with Crippen LogP contribution in [0.3, 0.4) is 0 Å². The molecule has 1 heterocycles. The van der Waals surface area contributed by atoms with Crippen molar-refractivity contribution in [3.05, 3.63) is 27.3 Å². The van der Waals surface area contributed by atoms with Crippen LogP contribution in [-0.4, -0.2) is 34.3 Å². The van der Waals surface area contributed by atoms with Gasteiger partial charge >= 0.3 is 0 Å². The van der Waals surface area contributed by atoms with E-state index < -0.39 is 0 Å². The number of halogens is 2. The minimum atomic E-state index is -0.0460. The molecule has 0 aromatic heterocycles. The molecule has 104 valence electrons. The summed E-state index contributed by atoms with van der Waals surface area (Å²) >= 11 is 5.62. The van der Waals surface area contributed by atoms with E-state index in [4.69, 9.17) is 0 Å². The van der Waals surface area contributed by atoms with Gasteiger partial charge in [0.2, 0.25) is 0 Å². The van der Waals surface area contributed by atoms with Crippen LogP contribution >= 0.6 is 38.5 Å². The maximum Gasteiger partial charge on any atom is 0.257 e. The Morgan fingerprint density at radius 1 is 1.53 bits per heavy atom. The average Bonchev–Trinajstić information content (AvgIpc) is 2.41. The van der Waals surface area contributed by atoms with Gasteiger partial charge < -0.3 is 10.0 Å². The van der Waals surface area contributed by atoms with Gasteiger partial charge in [0.05, 0.1) is 5.56 Å². The molecule has 3 nitrogen and oxygen atoms in total. The van der Waals surface area contributed by atoms with Crippen molar-refractivity contribution in [2.24, 2.45) is 5.92 Å². The molecule has 0 saturated carbocycles. The Bertz CT molecular complexity index is 465. The predicted octanol–water partition coefficient (Wildman–Crippen LogP) is 3.63. The van der Waals surface area contributed by atoms with Gasteiger partial charge in [0.15, 0.2) is 0 Å². The van der Waals surface area contributed by atoms with Crippen molar-refractivity contribution in [3.8, 4) is 5.75 Å². The van der Waals surface area contributed by atoms with Crippen LogP contribution in [0.5, 0.6) is 5.75 Å². The van der Waals surface area contributed by atoms with Crippen molar-refractivity contribution < 1.29 is 9.90 Å². The molecule has 1 N–H and O–H groups in total. The summed E-state index contributed by atoms with van der Waals surface area (Å²) in [6.45, 7) is 1.60. The fourth-order valence-electron chi connectivity index (χ4n) is 2.49. The molecule has 1 aromatic carbocycles. The average molecular weight is 438 g/mol. The molecule has 1 saturated heterocycles. The van der Waals surface area contributed by atoms with Gasteiger partial charge in [0.1, 0.15) is 5.75 Å². The highest BCUT2D eigenvalue weighted by atomic mass is 127. The molecule has 0 spiro atoms. The first-order valence-electron chi connectivity index (χ1n) is 6.45. The van der Waals surface area contributed by atoms with Gasteiger partial charge in [-0.25, -0.2) is 0 Å². The molecule has 19 heavy (non-hydrogen) atoms. The second kappa shape index (κ2) is 6.92. The summed E-state index contributed by atoms with van der Waals surface area (Å²) < 4.78 is 0.966. The molecule has 0 aliphatic carbocycles. The second-order valence-electron chi connectivity index (χ2n) is 4.90. The minimum absolute atomic E-state index is 0.0460. The third kappa shape index (κ3) is 3.84. The van der Waals surface area contributed by atoms with Crippen molar-refractivity contribution in [1.82, 2.24) is 4.90 Å². The van der Waals surface area contributed by atoms with Gasteiger partial charge in [-0.05, 0) is 66.0 Å². The number of carbonyl (C=O) groups is 1. The number of benzene rings is 1. The summed E-state index contributed by atoms with van der Waals surface area (Å²) in [5.41, 5.74) is 0.423. The van der Waals surface area contributed by atoms with Gasteiger partial charge in [-0.1, -0.05) is 15.9 Å². The number of amides is 1. The quantitative estimate of drug-likeness (QED) is 0.579. The standard InChI is InChI=1S/C14H17BrINO2/c15-6-5-10-2-1-7-17(9-10)14(19)12-8-11(16)3-4-13(12)18/h3-4,8,10,18H,1-2,5-7,9H2. The third-order valence-electron chi connectivity index (χ3n) is 3.51. The fraction of sp³-hybridized carbons (Fsp3) is 0.500. The maximum atomic E-state index is 12.5. The highest BCUT2D eigenvalue weighted by Crippen LogP contribution is 2.25.